The number of fused-ring (bicyclic) bond motifs is 1. The lowest BCUT2D eigenvalue weighted by Crippen LogP contribution is -2.26. The Balaban J connectivity index is 1.21. The number of rotatable bonds is 9. The normalized spacial score (nSPS) is 12.1. The summed E-state index contributed by atoms with van der Waals surface area (Å²) >= 11 is 7.77. The number of carbonyl (C=O) groups is 1. The van der Waals surface area contributed by atoms with Crippen LogP contribution in [0.1, 0.15) is 27.2 Å². The Bertz CT molecular complexity index is 2070. The molecule has 0 fully saturated rings. The van der Waals surface area contributed by atoms with Crippen LogP contribution in [0.4, 0.5) is 8.78 Å². The van der Waals surface area contributed by atoms with E-state index in [0.29, 0.717) is 27.5 Å². The van der Waals surface area contributed by atoms with Crippen LogP contribution in [-0.2, 0) is 24.0 Å². The molecule has 4 heterocycles. The third-order valence-corrected chi connectivity index (χ3v) is 9.58. The molecule has 2 aromatic carbocycles. The number of benzene rings is 2. The van der Waals surface area contributed by atoms with Crippen LogP contribution in [0.5, 0.6) is 0 Å². The Morgan fingerprint density at radius 2 is 1.79 bits per heavy atom. The molecule has 0 aliphatic carbocycles. The zero-order chi connectivity index (χ0) is 30.1. The third-order valence-electron chi connectivity index (χ3n) is 6.89. The zero-order valence-electron chi connectivity index (χ0n) is 22.4. The van der Waals surface area contributed by atoms with E-state index in [1.54, 1.807) is 34.4 Å². The van der Waals surface area contributed by atoms with Crippen LogP contribution in [0.25, 0.3) is 21.5 Å². The minimum atomic E-state index is -1.52. The van der Waals surface area contributed by atoms with Crippen molar-refractivity contribution < 1.29 is 17.8 Å². The highest BCUT2D eigenvalue weighted by Gasteiger charge is 2.19. The SMILES string of the molecule is O=C(CCc1ccc(-c2cn(S(=O)c3ccccc3)c3ncc(Cl)cc23)s1)c1cccn(Cc2ccc(F)c(F)c2)c1=O. The fraction of sp³-hybridized carbons (Fsp3) is 0.0938. The van der Waals surface area contributed by atoms with Crippen molar-refractivity contribution >= 4 is 50.7 Å². The van der Waals surface area contributed by atoms with Crippen LogP contribution in [-0.4, -0.2) is 23.5 Å². The van der Waals surface area contributed by atoms with Gasteiger partial charge in [0, 0.05) is 45.7 Å². The second-order valence-electron chi connectivity index (χ2n) is 9.75. The molecule has 0 aliphatic heterocycles. The zero-order valence-corrected chi connectivity index (χ0v) is 24.8. The van der Waals surface area contributed by atoms with Gasteiger partial charge in [0.05, 0.1) is 22.0 Å². The molecule has 0 spiro atoms. The summed E-state index contributed by atoms with van der Waals surface area (Å²) in [5.41, 5.74) is 1.30. The van der Waals surface area contributed by atoms with Gasteiger partial charge < -0.3 is 4.57 Å². The molecule has 6 rings (SSSR count). The van der Waals surface area contributed by atoms with Crippen molar-refractivity contribution in [1.29, 1.82) is 0 Å². The highest BCUT2D eigenvalue weighted by Crippen LogP contribution is 2.37. The summed E-state index contributed by atoms with van der Waals surface area (Å²) < 4.78 is 43.2. The fourth-order valence-electron chi connectivity index (χ4n) is 4.76. The quantitative estimate of drug-likeness (QED) is 0.157. The van der Waals surface area contributed by atoms with Gasteiger partial charge in [0.2, 0.25) is 0 Å². The minimum absolute atomic E-state index is 0.00692. The Hall–Kier alpha value is -4.25. The van der Waals surface area contributed by atoms with E-state index in [1.807, 2.05) is 30.3 Å². The number of carbonyl (C=O) groups excluding carboxylic acids is 1. The van der Waals surface area contributed by atoms with E-state index in [1.165, 1.54) is 40.4 Å². The predicted molar refractivity (Wildman–Crippen MR) is 165 cm³/mol. The van der Waals surface area contributed by atoms with E-state index in [-0.39, 0.29) is 24.3 Å². The van der Waals surface area contributed by atoms with Gasteiger partial charge in [-0.15, -0.1) is 11.3 Å². The average molecular weight is 634 g/mol. The van der Waals surface area contributed by atoms with Crippen molar-refractivity contribution in [1.82, 2.24) is 13.5 Å². The molecule has 0 saturated carbocycles. The Morgan fingerprint density at radius 1 is 0.977 bits per heavy atom. The fourth-order valence-corrected chi connectivity index (χ4v) is 7.07. The monoisotopic (exact) mass is 633 g/mol. The number of hydrogen-bond acceptors (Lipinski definition) is 5. The highest BCUT2D eigenvalue weighted by atomic mass is 35.5. The molecule has 1 atom stereocenters. The number of thiophene rings is 1. The molecule has 0 saturated heterocycles. The number of hydrogen-bond donors (Lipinski definition) is 0. The van der Waals surface area contributed by atoms with Gasteiger partial charge in [-0.05, 0) is 66.6 Å². The molecule has 0 radical (unpaired) electrons. The maximum absolute atomic E-state index is 13.6. The maximum Gasteiger partial charge on any atom is 0.261 e. The maximum atomic E-state index is 13.6. The van der Waals surface area contributed by atoms with Gasteiger partial charge in [0.1, 0.15) is 0 Å². The molecular formula is C32H22ClF2N3O3S2. The topological polar surface area (TPSA) is 74.0 Å². The summed E-state index contributed by atoms with van der Waals surface area (Å²) in [5, 5.41) is 1.21. The Kier molecular flexibility index (Phi) is 8.16. The third kappa shape index (κ3) is 5.99. The number of Topliss-reactive ketones (excluding diaryl/α,β-unsaturated/α-hetero) is 1. The van der Waals surface area contributed by atoms with E-state index in [2.05, 4.69) is 4.98 Å². The first-order valence-electron chi connectivity index (χ1n) is 13.2. The first kappa shape index (κ1) is 28.9. The molecule has 1 unspecified atom stereocenters. The smallest absolute Gasteiger partial charge is 0.261 e. The van der Waals surface area contributed by atoms with E-state index in [4.69, 9.17) is 11.6 Å². The van der Waals surface area contributed by atoms with E-state index >= 15 is 0 Å². The molecule has 43 heavy (non-hydrogen) atoms. The lowest BCUT2D eigenvalue weighted by atomic mass is 10.1. The number of nitrogens with zero attached hydrogens (tertiary/aromatic N) is 3. The Labute approximate surface area is 256 Å². The minimum Gasteiger partial charge on any atom is -0.310 e. The van der Waals surface area contributed by atoms with Crippen molar-refractivity contribution in [2.75, 3.05) is 0 Å². The molecule has 0 aliphatic rings. The molecule has 6 aromatic rings. The molecule has 216 valence electrons. The largest absolute Gasteiger partial charge is 0.310 e. The van der Waals surface area contributed by atoms with E-state index in [0.717, 1.165) is 32.8 Å². The Morgan fingerprint density at radius 3 is 2.58 bits per heavy atom. The summed E-state index contributed by atoms with van der Waals surface area (Å²) in [6, 6.07) is 21.3. The molecule has 6 nitrogen and oxygen atoms in total. The number of ketones is 1. The standard InChI is InChI=1S/C32H22ClF2N3O3S2/c33-21-16-25-26(19-38(31(25)36-17-21)43(41)23-5-2-1-3-6-23)30-13-10-22(42-30)9-12-29(39)24-7-4-14-37(32(24)40)18-20-8-11-27(34)28(35)15-20/h1-8,10-11,13-17,19H,9,12,18H2. The molecular weight excluding hydrogens is 612 g/mol. The van der Waals surface area contributed by atoms with Gasteiger partial charge >= 0.3 is 0 Å². The van der Waals surface area contributed by atoms with Gasteiger partial charge in [0.15, 0.2) is 34.1 Å². The van der Waals surface area contributed by atoms with Gasteiger partial charge in [-0.25, -0.2) is 21.9 Å². The summed E-state index contributed by atoms with van der Waals surface area (Å²) in [6.45, 7) is 0.00692. The van der Waals surface area contributed by atoms with Crippen molar-refractivity contribution in [2.45, 2.75) is 24.3 Å². The second kappa shape index (κ2) is 12.2. The van der Waals surface area contributed by atoms with Crippen LogP contribution < -0.4 is 5.56 Å². The van der Waals surface area contributed by atoms with Crippen LogP contribution in [0, 0.1) is 11.6 Å². The summed E-state index contributed by atoms with van der Waals surface area (Å²) in [5.74, 6) is -2.28. The van der Waals surface area contributed by atoms with Crippen LogP contribution in [0.15, 0.2) is 107 Å². The van der Waals surface area contributed by atoms with Gasteiger partial charge in [-0.3, -0.25) is 9.59 Å². The molecule has 0 bridgehead atoms. The first-order valence-corrected chi connectivity index (χ1v) is 15.5. The van der Waals surface area contributed by atoms with Crippen LogP contribution >= 0.6 is 22.9 Å². The van der Waals surface area contributed by atoms with Gasteiger partial charge in [-0.2, -0.15) is 0 Å². The van der Waals surface area contributed by atoms with Crippen molar-refractivity contribution in [2.24, 2.45) is 0 Å². The predicted octanol–water partition coefficient (Wildman–Crippen LogP) is 7.29. The molecule has 0 amide bonds. The number of aryl methyl sites for hydroxylation is 1. The second-order valence-corrected chi connectivity index (χ2v) is 12.7. The van der Waals surface area contributed by atoms with E-state index < -0.39 is 28.2 Å². The molecule has 4 aromatic heterocycles. The van der Waals surface area contributed by atoms with E-state index in [9.17, 15) is 22.6 Å². The van der Waals surface area contributed by atoms with Crippen molar-refractivity contribution in [3.05, 3.63) is 140 Å². The highest BCUT2D eigenvalue weighted by molar-refractivity contribution is 7.83. The number of halogens is 3. The summed E-state index contributed by atoms with van der Waals surface area (Å²) in [6.07, 6.45) is 5.35. The lowest BCUT2D eigenvalue weighted by molar-refractivity contribution is 0.0981. The molecule has 0 N–H and O–H groups in total. The average Bonchev–Trinajstić information content (AvgIpc) is 3.63. The first-order chi connectivity index (χ1) is 20.8. The summed E-state index contributed by atoms with van der Waals surface area (Å²) in [4.78, 5) is 33.0. The van der Waals surface area contributed by atoms with Gasteiger partial charge in [0.25, 0.3) is 5.56 Å². The van der Waals surface area contributed by atoms with Crippen molar-refractivity contribution in [3.63, 3.8) is 0 Å². The van der Waals surface area contributed by atoms with Crippen molar-refractivity contribution in [3.8, 4) is 10.4 Å². The number of aromatic nitrogens is 3. The van der Waals surface area contributed by atoms with Crippen LogP contribution in [0.2, 0.25) is 5.02 Å². The van der Waals surface area contributed by atoms with Gasteiger partial charge in [-0.1, -0.05) is 35.9 Å². The summed E-state index contributed by atoms with van der Waals surface area (Å²) in [7, 11) is -1.52. The lowest BCUT2D eigenvalue weighted by Gasteiger charge is -2.08. The van der Waals surface area contributed by atoms with Crippen LogP contribution in [0.3, 0.4) is 0 Å². The number of pyridine rings is 2. The molecule has 11 heteroatoms.